The number of fused-ring (bicyclic) bond motifs is 1. The van der Waals surface area contributed by atoms with Gasteiger partial charge in [0.2, 0.25) is 0 Å². The zero-order valence-electron chi connectivity index (χ0n) is 9.67. The van der Waals surface area contributed by atoms with Gasteiger partial charge in [0.25, 0.3) is 0 Å². The molecule has 0 aromatic heterocycles. The van der Waals surface area contributed by atoms with Crippen LogP contribution in [-0.4, -0.2) is 10.2 Å². The zero-order valence-corrected chi connectivity index (χ0v) is 9.67. The maximum absolute atomic E-state index is 9.57. The molecule has 0 aliphatic rings. The van der Waals surface area contributed by atoms with E-state index in [4.69, 9.17) is 0 Å². The molecule has 0 saturated heterocycles. The first-order valence-corrected chi connectivity index (χ1v) is 5.75. The largest absolute Gasteiger partial charge is 0.508 e. The molecule has 3 rings (SSSR count). The van der Waals surface area contributed by atoms with Gasteiger partial charge < -0.3 is 10.2 Å². The summed E-state index contributed by atoms with van der Waals surface area (Å²) < 4.78 is 0. The summed E-state index contributed by atoms with van der Waals surface area (Å²) in [7, 11) is 0. The molecule has 0 radical (unpaired) electrons. The van der Waals surface area contributed by atoms with E-state index in [-0.39, 0.29) is 11.5 Å². The summed E-state index contributed by atoms with van der Waals surface area (Å²) >= 11 is 0. The summed E-state index contributed by atoms with van der Waals surface area (Å²) in [6, 6.07) is 18.7. The average molecular weight is 236 g/mol. The number of aromatic hydroxyl groups is 2. The molecule has 3 aromatic carbocycles. The van der Waals surface area contributed by atoms with Gasteiger partial charge >= 0.3 is 0 Å². The third-order valence-electron chi connectivity index (χ3n) is 3.00. The highest BCUT2D eigenvalue weighted by molar-refractivity contribution is 5.96. The second kappa shape index (κ2) is 4.08. The third-order valence-corrected chi connectivity index (χ3v) is 3.00. The molecule has 0 spiro atoms. The van der Waals surface area contributed by atoms with Gasteiger partial charge in [0, 0.05) is 6.07 Å². The van der Waals surface area contributed by atoms with E-state index in [2.05, 4.69) is 0 Å². The van der Waals surface area contributed by atoms with Crippen LogP contribution in [0.4, 0.5) is 0 Å². The second-order valence-electron chi connectivity index (χ2n) is 4.26. The van der Waals surface area contributed by atoms with E-state index < -0.39 is 0 Å². The third kappa shape index (κ3) is 1.78. The Kier molecular flexibility index (Phi) is 2.41. The molecule has 0 aliphatic heterocycles. The number of phenolic OH excluding ortho intramolecular Hbond substituents is 2. The van der Waals surface area contributed by atoms with Crippen LogP contribution < -0.4 is 0 Å². The van der Waals surface area contributed by atoms with Crippen LogP contribution in [0.3, 0.4) is 0 Å². The van der Waals surface area contributed by atoms with E-state index in [1.165, 1.54) is 6.07 Å². The average Bonchev–Trinajstić information content (AvgIpc) is 2.37. The van der Waals surface area contributed by atoms with Gasteiger partial charge in [-0.2, -0.15) is 0 Å². The Balaban J connectivity index is 2.31. The van der Waals surface area contributed by atoms with Crippen molar-refractivity contribution in [1.29, 1.82) is 0 Å². The number of benzene rings is 3. The normalized spacial score (nSPS) is 10.7. The number of hydrogen-bond donors (Lipinski definition) is 2. The molecular formula is C16H12O2. The summed E-state index contributed by atoms with van der Waals surface area (Å²) in [5, 5.41) is 21.4. The van der Waals surface area contributed by atoms with Crippen LogP contribution in [0.1, 0.15) is 0 Å². The van der Waals surface area contributed by atoms with Crippen molar-refractivity contribution in [3.05, 3.63) is 60.7 Å². The van der Waals surface area contributed by atoms with E-state index in [0.29, 0.717) is 0 Å². The Morgan fingerprint density at radius 2 is 1.33 bits per heavy atom. The van der Waals surface area contributed by atoms with Crippen molar-refractivity contribution in [3.63, 3.8) is 0 Å². The minimum atomic E-state index is 0.0675. The fraction of sp³-hybridized carbons (Fsp3) is 0. The molecule has 0 bridgehead atoms. The lowest BCUT2D eigenvalue weighted by molar-refractivity contribution is 0.451. The van der Waals surface area contributed by atoms with E-state index in [0.717, 1.165) is 21.9 Å². The Hall–Kier alpha value is -2.48. The lowest BCUT2D eigenvalue weighted by Crippen LogP contribution is -1.81. The van der Waals surface area contributed by atoms with Gasteiger partial charge in [0.15, 0.2) is 0 Å². The van der Waals surface area contributed by atoms with Crippen LogP contribution >= 0.6 is 0 Å². The molecule has 88 valence electrons. The van der Waals surface area contributed by atoms with Crippen LogP contribution in [0.2, 0.25) is 0 Å². The summed E-state index contributed by atoms with van der Waals surface area (Å²) in [4.78, 5) is 0. The van der Waals surface area contributed by atoms with Crippen LogP contribution in [-0.2, 0) is 0 Å². The van der Waals surface area contributed by atoms with Crippen LogP contribution in [0.5, 0.6) is 11.5 Å². The van der Waals surface area contributed by atoms with Gasteiger partial charge in [-0.3, -0.25) is 0 Å². The minimum absolute atomic E-state index is 0.0675. The first-order valence-electron chi connectivity index (χ1n) is 5.75. The van der Waals surface area contributed by atoms with Gasteiger partial charge in [0.1, 0.15) is 11.5 Å². The molecule has 3 aromatic rings. The topological polar surface area (TPSA) is 40.5 Å². The van der Waals surface area contributed by atoms with E-state index >= 15 is 0 Å². The molecule has 0 fully saturated rings. The minimum Gasteiger partial charge on any atom is -0.508 e. The maximum Gasteiger partial charge on any atom is 0.119 e. The first-order chi connectivity index (χ1) is 8.74. The molecule has 2 nitrogen and oxygen atoms in total. The molecule has 0 amide bonds. The van der Waals surface area contributed by atoms with Crippen molar-refractivity contribution in [3.8, 4) is 22.6 Å². The zero-order chi connectivity index (χ0) is 12.5. The quantitative estimate of drug-likeness (QED) is 0.672. The van der Waals surface area contributed by atoms with Crippen molar-refractivity contribution in [2.75, 3.05) is 0 Å². The SMILES string of the molecule is Oc1cc(O)cc(-c2cccc3ccccc23)c1. The molecule has 0 heterocycles. The lowest BCUT2D eigenvalue weighted by Gasteiger charge is -2.08. The Bertz CT molecular complexity index is 692. The smallest absolute Gasteiger partial charge is 0.119 e. The standard InChI is InChI=1S/C16H12O2/c17-13-8-12(9-14(18)10-13)16-7-3-5-11-4-1-2-6-15(11)16/h1-10,17-18H. The molecule has 0 unspecified atom stereocenters. The first kappa shape index (κ1) is 10.7. The van der Waals surface area contributed by atoms with Crippen LogP contribution in [0, 0.1) is 0 Å². The lowest BCUT2D eigenvalue weighted by atomic mass is 9.98. The maximum atomic E-state index is 9.57. The number of phenols is 2. The van der Waals surface area contributed by atoms with E-state index in [9.17, 15) is 10.2 Å². The van der Waals surface area contributed by atoms with Crippen molar-refractivity contribution < 1.29 is 10.2 Å². The summed E-state index contributed by atoms with van der Waals surface area (Å²) in [5.41, 5.74) is 1.81. The van der Waals surface area contributed by atoms with Gasteiger partial charge in [-0.1, -0.05) is 42.5 Å². The predicted molar refractivity (Wildman–Crippen MR) is 72.7 cm³/mol. The summed E-state index contributed by atoms with van der Waals surface area (Å²) in [6.07, 6.45) is 0. The molecule has 0 atom stereocenters. The molecule has 2 N–H and O–H groups in total. The Labute approximate surface area is 105 Å². The summed E-state index contributed by atoms with van der Waals surface area (Å²) in [5.74, 6) is 0.135. The van der Waals surface area contributed by atoms with Crippen molar-refractivity contribution >= 4 is 10.8 Å². The van der Waals surface area contributed by atoms with Gasteiger partial charge in [-0.25, -0.2) is 0 Å². The monoisotopic (exact) mass is 236 g/mol. The van der Waals surface area contributed by atoms with Crippen molar-refractivity contribution in [1.82, 2.24) is 0 Å². The van der Waals surface area contributed by atoms with Gasteiger partial charge in [-0.05, 0) is 34.0 Å². The van der Waals surface area contributed by atoms with E-state index in [1.54, 1.807) is 12.1 Å². The second-order valence-corrected chi connectivity index (χ2v) is 4.26. The molecular weight excluding hydrogens is 224 g/mol. The molecule has 2 heteroatoms. The number of hydrogen-bond acceptors (Lipinski definition) is 2. The van der Waals surface area contributed by atoms with Crippen LogP contribution in [0.15, 0.2) is 60.7 Å². The van der Waals surface area contributed by atoms with Crippen molar-refractivity contribution in [2.45, 2.75) is 0 Å². The molecule has 0 aliphatic carbocycles. The number of rotatable bonds is 1. The highest BCUT2D eigenvalue weighted by atomic mass is 16.3. The predicted octanol–water partition coefficient (Wildman–Crippen LogP) is 3.92. The fourth-order valence-corrected chi connectivity index (χ4v) is 2.23. The fourth-order valence-electron chi connectivity index (χ4n) is 2.23. The van der Waals surface area contributed by atoms with Gasteiger partial charge in [0.05, 0.1) is 0 Å². The highest BCUT2D eigenvalue weighted by Crippen LogP contribution is 2.33. The Morgan fingerprint density at radius 1 is 0.667 bits per heavy atom. The van der Waals surface area contributed by atoms with Crippen LogP contribution in [0.25, 0.3) is 21.9 Å². The molecule has 18 heavy (non-hydrogen) atoms. The summed E-state index contributed by atoms with van der Waals surface area (Å²) in [6.45, 7) is 0. The molecule has 0 saturated carbocycles. The Morgan fingerprint density at radius 3 is 2.11 bits per heavy atom. The van der Waals surface area contributed by atoms with Gasteiger partial charge in [-0.15, -0.1) is 0 Å². The van der Waals surface area contributed by atoms with E-state index in [1.807, 2.05) is 42.5 Å². The highest BCUT2D eigenvalue weighted by Gasteiger charge is 2.05. The van der Waals surface area contributed by atoms with Crippen molar-refractivity contribution in [2.24, 2.45) is 0 Å².